The van der Waals surface area contributed by atoms with Crippen molar-refractivity contribution in [2.75, 3.05) is 9.80 Å². The zero-order valence-corrected chi connectivity index (χ0v) is 41.8. The average Bonchev–Trinajstić information content (AvgIpc) is 4.30. The summed E-state index contributed by atoms with van der Waals surface area (Å²) in [7, 11) is 0. The quantitative estimate of drug-likeness (QED) is 0.142. The fourth-order valence-electron chi connectivity index (χ4n) is 13.4. The topological polar surface area (TPSA) is 6.48 Å². The van der Waals surface area contributed by atoms with Gasteiger partial charge in [-0.2, -0.15) is 0 Å². The van der Waals surface area contributed by atoms with Crippen LogP contribution in [0.4, 0.5) is 34.1 Å². The van der Waals surface area contributed by atoms with E-state index in [1.54, 1.807) is 0 Å². The van der Waals surface area contributed by atoms with Crippen molar-refractivity contribution in [2.45, 2.75) is 10.8 Å². The van der Waals surface area contributed by atoms with Crippen LogP contribution in [-0.2, 0) is 10.8 Å². The maximum Gasteiger partial charge on any atom is 0.0727 e. The van der Waals surface area contributed by atoms with Crippen molar-refractivity contribution in [1.82, 2.24) is 0 Å². The molecule has 3 aliphatic rings. The van der Waals surface area contributed by atoms with Gasteiger partial charge >= 0.3 is 0 Å². The van der Waals surface area contributed by atoms with Gasteiger partial charge in [-0.1, -0.05) is 231 Å². The maximum absolute atomic E-state index is 2.52. The number of hydrogen-bond donors (Lipinski definition) is 0. The summed E-state index contributed by atoms with van der Waals surface area (Å²) < 4.78 is 0. The van der Waals surface area contributed by atoms with Crippen LogP contribution in [0.2, 0.25) is 0 Å². The van der Waals surface area contributed by atoms with Crippen LogP contribution in [0, 0.1) is 0 Å². The highest BCUT2D eigenvalue weighted by atomic mass is 15.1. The standard InChI is InChI=1S/C74H50N2/c1-6-22-51(23-7-1)52-38-40-57(41-39-52)76(59-43-45-64-61-32-16-19-35-67(61)73(70(64)48-59,53-24-8-2-9-25-53)54-26-10-3-11-27-54)60-44-47-66-63-34-18-21-37-69(63)74(72(66)50-60)68-36-20-17-33-62(68)65-46-42-58(49-71(65)74)75(55-28-12-4-13-29-55)56-30-14-5-15-31-56/h1-50H. The third-order valence-corrected chi connectivity index (χ3v) is 16.5. The number of anilines is 6. The summed E-state index contributed by atoms with van der Waals surface area (Å²) in [4.78, 5) is 4.90. The van der Waals surface area contributed by atoms with Crippen molar-refractivity contribution in [3.63, 3.8) is 0 Å². The predicted octanol–water partition coefficient (Wildman–Crippen LogP) is 19.0. The Morgan fingerprint density at radius 1 is 0.184 bits per heavy atom. The van der Waals surface area contributed by atoms with E-state index in [-0.39, 0.29) is 0 Å². The van der Waals surface area contributed by atoms with Crippen LogP contribution in [0.1, 0.15) is 44.5 Å². The van der Waals surface area contributed by atoms with Gasteiger partial charge in [0.05, 0.1) is 10.8 Å². The molecule has 0 saturated heterocycles. The Balaban J connectivity index is 0.981. The SMILES string of the molecule is c1ccc(-c2ccc(N(c3ccc4c(c3)C(c3ccccc3)(c3ccccc3)c3ccccc3-4)c3ccc4c(c3)C3(c5ccccc5-c5ccc(N(c6ccccc6)c6ccccc6)cc53)c3ccccc3-4)cc2)cc1. The maximum atomic E-state index is 2.52. The van der Waals surface area contributed by atoms with Gasteiger partial charge in [-0.3, -0.25) is 0 Å². The van der Waals surface area contributed by atoms with Crippen LogP contribution in [-0.4, -0.2) is 0 Å². The molecule has 1 spiro atoms. The number of hydrogen-bond acceptors (Lipinski definition) is 2. The molecular formula is C74H50N2. The van der Waals surface area contributed by atoms with Gasteiger partial charge < -0.3 is 9.80 Å². The number of fused-ring (bicyclic) bond motifs is 13. The van der Waals surface area contributed by atoms with Crippen molar-refractivity contribution in [3.8, 4) is 44.5 Å². The van der Waals surface area contributed by atoms with E-state index in [0.29, 0.717) is 0 Å². The van der Waals surface area contributed by atoms with E-state index in [0.717, 1.165) is 34.1 Å². The Bertz CT molecular complexity index is 4060. The van der Waals surface area contributed by atoms with Crippen molar-refractivity contribution < 1.29 is 0 Å². The zero-order chi connectivity index (χ0) is 50.2. The van der Waals surface area contributed by atoms with Gasteiger partial charge in [0.2, 0.25) is 0 Å². The van der Waals surface area contributed by atoms with Gasteiger partial charge in [0.25, 0.3) is 0 Å². The lowest BCUT2D eigenvalue weighted by Gasteiger charge is -2.35. The molecule has 15 rings (SSSR count). The molecule has 3 aliphatic carbocycles. The lowest BCUT2D eigenvalue weighted by Crippen LogP contribution is -2.28. The van der Waals surface area contributed by atoms with Gasteiger partial charge in [-0.15, -0.1) is 0 Å². The van der Waals surface area contributed by atoms with Crippen LogP contribution >= 0.6 is 0 Å². The van der Waals surface area contributed by atoms with Crippen LogP contribution < -0.4 is 9.80 Å². The highest BCUT2D eigenvalue weighted by Gasteiger charge is 2.52. The minimum Gasteiger partial charge on any atom is -0.310 e. The normalized spacial score (nSPS) is 14.7. The Hall–Kier alpha value is -9.76. The van der Waals surface area contributed by atoms with E-state index in [2.05, 4.69) is 313 Å². The molecule has 356 valence electrons. The molecule has 0 aliphatic heterocycles. The highest BCUT2D eigenvalue weighted by molar-refractivity contribution is 5.98. The van der Waals surface area contributed by atoms with E-state index in [4.69, 9.17) is 0 Å². The second-order valence-corrected chi connectivity index (χ2v) is 20.3. The highest BCUT2D eigenvalue weighted by Crippen LogP contribution is 2.64. The van der Waals surface area contributed by atoms with E-state index in [1.165, 1.54) is 89.0 Å². The summed E-state index contributed by atoms with van der Waals surface area (Å²) in [6.45, 7) is 0. The molecule has 0 amide bonds. The largest absolute Gasteiger partial charge is 0.310 e. The van der Waals surface area contributed by atoms with Crippen molar-refractivity contribution in [2.24, 2.45) is 0 Å². The minimum atomic E-state index is -0.610. The van der Waals surface area contributed by atoms with Gasteiger partial charge in [-0.25, -0.2) is 0 Å². The molecule has 0 fully saturated rings. The number of rotatable bonds is 9. The van der Waals surface area contributed by atoms with Gasteiger partial charge in [0, 0.05) is 34.1 Å². The molecule has 2 heteroatoms. The van der Waals surface area contributed by atoms with E-state index >= 15 is 0 Å². The zero-order valence-electron chi connectivity index (χ0n) is 41.8. The van der Waals surface area contributed by atoms with Gasteiger partial charge in [0.15, 0.2) is 0 Å². The predicted molar refractivity (Wildman–Crippen MR) is 315 cm³/mol. The molecule has 0 heterocycles. The third-order valence-electron chi connectivity index (χ3n) is 16.5. The van der Waals surface area contributed by atoms with Gasteiger partial charge in [0.1, 0.15) is 0 Å². The summed E-state index contributed by atoms with van der Waals surface area (Å²) in [5.41, 5.74) is 25.6. The van der Waals surface area contributed by atoms with E-state index in [1.807, 2.05) is 0 Å². The molecular weight excluding hydrogens is 917 g/mol. The van der Waals surface area contributed by atoms with Crippen molar-refractivity contribution in [3.05, 3.63) is 348 Å². The summed E-state index contributed by atoms with van der Waals surface area (Å²) in [5.74, 6) is 0. The Morgan fingerprint density at radius 3 is 0.882 bits per heavy atom. The fraction of sp³-hybridized carbons (Fsp3) is 0.0270. The van der Waals surface area contributed by atoms with Crippen molar-refractivity contribution >= 4 is 34.1 Å². The van der Waals surface area contributed by atoms with Crippen LogP contribution in [0.25, 0.3) is 44.5 Å². The molecule has 1 unspecified atom stereocenters. The molecule has 0 bridgehead atoms. The minimum absolute atomic E-state index is 0.556. The molecule has 0 radical (unpaired) electrons. The van der Waals surface area contributed by atoms with Crippen LogP contribution in [0.5, 0.6) is 0 Å². The first kappa shape index (κ1) is 43.8. The average molecular weight is 967 g/mol. The first-order valence-corrected chi connectivity index (χ1v) is 26.4. The second-order valence-electron chi connectivity index (χ2n) is 20.3. The third kappa shape index (κ3) is 6.41. The van der Waals surface area contributed by atoms with Crippen LogP contribution in [0.15, 0.2) is 303 Å². The Labute approximate surface area is 444 Å². The number of para-hydroxylation sites is 2. The summed E-state index contributed by atoms with van der Waals surface area (Å²) in [5, 5.41) is 0. The Kier molecular flexibility index (Phi) is 10.0. The lowest BCUT2D eigenvalue weighted by molar-refractivity contribution is 0.768. The summed E-state index contributed by atoms with van der Waals surface area (Å²) in [6, 6.07) is 113. The first-order valence-electron chi connectivity index (χ1n) is 26.4. The molecule has 0 saturated carbocycles. The monoisotopic (exact) mass is 966 g/mol. The Morgan fingerprint density at radius 2 is 0.461 bits per heavy atom. The number of benzene rings is 12. The molecule has 12 aromatic carbocycles. The fourth-order valence-corrected chi connectivity index (χ4v) is 13.4. The molecule has 0 N–H and O–H groups in total. The van der Waals surface area contributed by atoms with Crippen LogP contribution in [0.3, 0.4) is 0 Å². The first-order chi connectivity index (χ1) is 37.7. The molecule has 0 aromatic heterocycles. The molecule has 1 atom stereocenters. The molecule has 12 aromatic rings. The summed E-state index contributed by atoms with van der Waals surface area (Å²) in [6.07, 6.45) is 0. The van der Waals surface area contributed by atoms with E-state index in [9.17, 15) is 0 Å². The summed E-state index contributed by atoms with van der Waals surface area (Å²) >= 11 is 0. The van der Waals surface area contributed by atoms with Gasteiger partial charge in [-0.05, 0) is 162 Å². The van der Waals surface area contributed by atoms with Crippen molar-refractivity contribution in [1.29, 1.82) is 0 Å². The molecule has 76 heavy (non-hydrogen) atoms. The van der Waals surface area contributed by atoms with E-state index < -0.39 is 10.8 Å². The second kappa shape index (κ2) is 17.4. The smallest absolute Gasteiger partial charge is 0.0727 e. The lowest BCUT2D eigenvalue weighted by atomic mass is 9.67. The number of nitrogens with zero attached hydrogens (tertiary/aromatic N) is 2. The molecule has 2 nitrogen and oxygen atoms in total.